The van der Waals surface area contributed by atoms with Gasteiger partial charge in [-0.2, -0.15) is 0 Å². The Morgan fingerprint density at radius 2 is 1.71 bits per heavy atom. The summed E-state index contributed by atoms with van der Waals surface area (Å²) in [5, 5.41) is 3.59. The standard InChI is InChI=1S/C17H18BrNO2/c1-20-15-9-12-7-8-19-17(14(12)10-16(15)21-2)11-3-5-13(18)6-4-11/h3-6,9-10,17,19H,7-8H2,1-2H3/t17-/m0/s1. The highest BCUT2D eigenvalue weighted by Gasteiger charge is 2.23. The zero-order valence-corrected chi connectivity index (χ0v) is 13.7. The lowest BCUT2D eigenvalue weighted by atomic mass is 9.89. The maximum atomic E-state index is 5.45. The van der Waals surface area contributed by atoms with Crippen molar-refractivity contribution < 1.29 is 9.47 Å². The van der Waals surface area contributed by atoms with Crippen LogP contribution >= 0.6 is 15.9 Å². The molecule has 0 fully saturated rings. The van der Waals surface area contributed by atoms with E-state index >= 15 is 0 Å². The van der Waals surface area contributed by atoms with Gasteiger partial charge >= 0.3 is 0 Å². The zero-order valence-electron chi connectivity index (χ0n) is 12.2. The van der Waals surface area contributed by atoms with Gasteiger partial charge in [0.2, 0.25) is 0 Å². The molecule has 0 amide bonds. The summed E-state index contributed by atoms with van der Waals surface area (Å²) in [6.45, 7) is 0.962. The SMILES string of the molecule is COc1cc2c(cc1OC)[C@H](c1ccc(Br)cc1)NCC2. The van der Waals surface area contributed by atoms with Crippen molar-refractivity contribution in [2.45, 2.75) is 12.5 Å². The number of hydrogen-bond donors (Lipinski definition) is 1. The van der Waals surface area contributed by atoms with Gasteiger partial charge < -0.3 is 14.8 Å². The first-order chi connectivity index (χ1) is 10.2. The second-order valence-corrected chi connectivity index (χ2v) is 6.01. The second kappa shape index (κ2) is 6.08. The van der Waals surface area contributed by atoms with E-state index in [2.05, 4.69) is 57.6 Å². The largest absolute Gasteiger partial charge is 0.493 e. The molecule has 1 atom stereocenters. The molecule has 1 heterocycles. The lowest BCUT2D eigenvalue weighted by molar-refractivity contribution is 0.353. The molecular weight excluding hydrogens is 330 g/mol. The highest BCUT2D eigenvalue weighted by atomic mass is 79.9. The summed E-state index contributed by atoms with van der Waals surface area (Å²) in [5.74, 6) is 1.58. The third kappa shape index (κ3) is 2.78. The number of benzene rings is 2. The Labute approximate surface area is 133 Å². The van der Waals surface area contributed by atoms with Crippen LogP contribution in [0.5, 0.6) is 11.5 Å². The number of nitrogens with one attached hydrogen (secondary N) is 1. The summed E-state index contributed by atoms with van der Waals surface area (Å²) in [6, 6.07) is 12.8. The highest BCUT2D eigenvalue weighted by Crippen LogP contribution is 2.37. The lowest BCUT2D eigenvalue weighted by Crippen LogP contribution is -2.30. The molecule has 0 saturated carbocycles. The molecule has 4 heteroatoms. The monoisotopic (exact) mass is 347 g/mol. The Bertz CT molecular complexity index is 640. The Morgan fingerprint density at radius 3 is 2.38 bits per heavy atom. The minimum absolute atomic E-state index is 0.196. The summed E-state index contributed by atoms with van der Waals surface area (Å²) in [7, 11) is 3.35. The van der Waals surface area contributed by atoms with Crippen LogP contribution in [0.2, 0.25) is 0 Å². The van der Waals surface area contributed by atoms with E-state index in [9.17, 15) is 0 Å². The quantitative estimate of drug-likeness (QED) is 0.918. The van der Waals surface area contributed by atoms with Crippen molar-refractivity contribution >= 4 is 15.9 Å². The number of fused-ring (bicyclic) bond motifs is 1. The normalized spacial score (nSPS) is 17.2. The van der Waals surface area contributed by atoms with Crippen LogP contribution < -0.4 is 14.8 Å². The zero-order chi connectivity index (χ0) is 14.8. The summed E-state index contributed by atoms with van der Waals surface area (Å²) >= 11 is 3.49. The maximum Gasteiger partial charge on any atom is 0.161 e. The smallest absolute Gasteiger partial charge is 0.161 e. The van der Waals surface area contributed by atoms with Crippen LogP contribution in [0.15, 0.2) is 40.9 Å². The molecule has 1 N–H and O–H groups in total. The van der Waals surface area contributed by atoms with E-state index in [4.69, 9.17) is 9.47 Å². The molecular formula is C17H18BrNO2. The Hall–Kier alpha value is -1.52. The molecule has 3 nitrogen and oxygen atoms in total. The third-order valence-corrected chi connectivity index (χ3v) is 4.43. The molecule has 0 radical (unpaired) electrons. The molecule has 2 aromatic rings. The van der Waals surface area contributed by atoms with Crippen LogP contribution in [0.25, 0.3) is 0 Å². The predicted molar refractivity (Wildman–Crippen MR) is 87.2 cm³/mol. The van der Waals surface area contributed by atoms with Crippen LogP contribution in [0.3, 0.4) is 0 Å². The fraction of sp³-hybridized carbons (Fsp3) is 0.294. The lowest BCUT2D eigenvalue weighted by Gasteiger charge is -2.28. The molecule has 21 heavy (non-hydrogen) atoms. The number of methoxy groups -OCH3 is 2. The van der Waals surface area contributed by atoms with Crippen LogP contribution in [0.4, 0.5) is 0 Å². The molecule has 2 aromatic carbocycles. The van der Waals surface area contributed by atoms with Crippen LogP contribution in [-0.2, 0) is 6.42 Å². The van der Waals surface area contributed by atoms with Gasteiger partial charge in [0, 0.05) is 11.0 Å². The predicted octanol–water partition coefficient (Wildman–Crippen LogP) is 3.70. The first-order valence-electron chi connectivity index (χ1n) is 6.96. The number of halogens is 1. The van der Waals surface area contributed by atoms with E-state index in [1.807, 2.05) is 0 Å². The molecule has 0 bridgehead atoms. The number of ether oxygens (including phenoxy) is 2. The molecule has 0 aliphatic carbocycles. The van der Waals surface area contributed by atoms with E-state index in [-0.39, 0.29) is 6.04 Å². The van der Waals surface area contributed by atoms with Crippen molar-refractivity contribution in [2.75, 3.05) is 20.8 Å². The van der Waals surface area contributed by atoms with Gasteiger partial charge in [0.25, 0.3) is 0 Å². The van der Waals surface area contributed by atoms with E-state index in [0.717, 1.165) is 28.9 Å². The summed E-state index contributed by atoms with van der Waals surface area (Å²) in [4.78, 5) is 0. The third-order valence-electron chi connectivity index (χ3n) is 3.90. The maximum absolute atomic E-state index is 5.45. The van der Waals surface area contributed by atoms with Gasteiger partial charge in [-0.3, -0.25) is 0 Å². The van der Waals surface area contributed by atoms with Gasteiger partial charge in [-0.1, -0.05) is 28.1 Å². The van der Waals surface area contributed by atoms with Crippen molar-refractivity contribution in [3.8, 4) is 11.5 Å². The Morgan fingerprint density at radius 1 is 1.05 bits per heavy atom. The van der Waals surface area contributed by atoms with Gasteiger partial charge in [0.15, 0.2) is 11.5 Å². The van der Waals surface area contributed by atoms with E-state index in [1.165, 1.54) is 16.7 Å². The van der Waals surface area contributed by atoms with Gasteiger partial charge in [-0.15, -0.1) is 0 Å². The van der Waals surface area contributed by atoms with Gasteiger partial charge in [0.1, 0.15) is 0 Å². The first kappa shape index (κ1) is 14.4. The van der Waals surface area contributed by atoms with Crippen LogP contribution in [0.1, 0.15) is 22.7 Å². The highest BCUT2D eigenvalue weighted by molar-refractivity contribution is 9.10. The minimum Gasteiger partial charge on any atom is -0.493 e. The van der Waals surface area contributed by atoms with E-state index < -0.39 is 0 Å². The molecule has 3 rings (SSSR count). The average Bonchev–Trinajstić information content (AvgIpc) is 2.53. The van der Waals surface area contributed by atoms with Gasteiger partial charge in [-0.05, 0) is 47.4 Å². The van der Waals surface area contributed by atoms with Gasteiger partial charge in [0.05, 0.1) is 20.3 Å². The van der Waals surface area contributed by atoms with E-state index in [1.54, 1.807) is 14.2 Å². The topological polar surface area (TPSA) is 30.5 Å². The summed E-state index contributed by atoms with van der Waals surface area (Å²) in [5.41, 5.74) is 3.84. The first-order valence-corrected chi connectivity index (χ1v) is 7.76. The summed E-state index contributed by atoms with van der Waals surface area (Å²) in [6.07, 6.45) is 1.00. The van der Waals surface area contributed by atoms with E-state index in [0.29, 0.717) is 0 Å². The van der Waals surface area contributed by atoms with Crippen LogP contribution in [0, 0.1) is 0 Å². The van der Waals surface area contributed by atoms with Crippen molar-refractivity contribution in [2.24, 2.45) is 0 Å². The molecule has 0 unspecified atom stereocenters. The fourth-order valence-electron chi connectivity index (χ4n) is 2.84. The van der Waals surface area contributed by atoms with Crippen molar-refractivity contribution in [3.05, 3.63) is 57.6 Å². The number of hydrogen-bond acceptors (Lipinski definition) is 3. The second-order valence-electron chi connectivity index (χ2n) is 5.09. The van der Waals surface area contributed by atoms with Crippen LogP contribution in [-0.4, -0.2) is 20.8 Å². The molecule has 0 aromatic heterocycles. The van der Waals surface area contributed by atoms with Crippen molar-refractivity contribution in [1.82, 2.24) is 5.32 Å². The molecule has 0 spiro atoms. The molecule has 0 saturated heterocycles. The van der Waals surface area contributed by atoms with Crippen molar-refractivity contribution in [1.29, 1.82) is 0 Å². The average molecular weight is 348 g/mol. The molecule has 110 valence electrons. The fourth-order valence-corrected chi connectivity index (χ4v) is 3.10. The Kier molecular flexibility index (Phi) is 4.17. The Balaban J connectivity index is 2.06. The van der Waals surface area contributed by atoms with Gasteiger partial charge in [-0.25, -0.2) is 0 Å². The van der Waals surface area contributed by atoms with Crippen molar-refractivity contribution in [3.63, 3.8) is 0 Å². The summed E-state index contributed by atoms with van der Waals surface area (Å²) < 4.78 is 11.9. The molecule has 1 aliphatic heterocycles. The molecule has 1 aliphatic rings. The number of rotatable bonds is 3. The minimum atomic E-state index is 0.196.